The van der Waals surface area contributed by atoms with Crippen LogP contribution in [-0.2, 0) is 20.9 Å². The predicted molar refractivity (Wildman–Crippen MR) is 138 cm³/mol. The number of hydrogen-bond acceptors (Lipinski definition) is 6. The van der Waals surface area contributed by atoms with E-state index in [1.54, 1.807) is 16.2 Å². The van der Waals surface area contributed by atoms with Crippen LogP contribution in [0.2, 0.25) is 0 Å². The van der Waals surface area contributed by atoms with E-state index in [0.29, 0.717) is 19.5 Å². The van der Waals surface area contributed by atoms with Gasteiger partial charge in [0, 0.05) is 13.1 Å². The van der Waals surface area contributed by atoms with Crippen LogP contribution in [0.5, 0.6) is 0 Å². The van der Waals surface area contributed by atoms with E-state index in [1.165, 1.54) is 0 Å². The number of aryl methyl sites for hydroxylation is 1. The Hall–Kier alpha value is -2.65. The summed E-state index contributed by atoms with van der Waals surface area (Å²) in [7, 11) is 0. The summed E-state index contributed by atoms with van der Waals surface area (Å²) in [6, 6.07) is 6.77. The number of carbonyl (C=O) groups excluding carboxylic acids is 3. The standard InChI is InChI=1S/C27H35FN4O3S/c1-17-22(36-16-31-17)19-9-7-18(8-10-19)14-30-24(34)20-6-5-13-32(20)25(35)23(26(2,3)4)29-15-21(33)27(28)11-12-27/h7-10,16,20,23,29H,5-6,11-15H2,1-4H3,(H,30,34). The van der Waals surface area contributed by atoms with E-state index in [2.05, 4.69) is 15.6 Å². The quantitative estimate of drug-likeness (QED) is 0.531. The molecule has 1 aliphatic carbocycles. The number of Topliss-reactive ketones (excluding diaryl/α,β-unsaturated/α-hetero) is 1. The van der Waals surface area contributed by atoms with Gasteiger partial charge in [-0.3, -0.25) is 19.7 Å². The Kier molecular flexibility index (Phi) is 7.61. The Labute approximate surface area is 215 Å². The zero-order valence-corrected chi connectivity index (χ0v) is 22.2. The molecule has 4 rings (SSSR count). The van der Waals surface area contributed by atoms with Crippen LogP contribution in [0, 0.1) is 12.3 Å². The average molecular weight is 515 g/mol. The minimum absolute atomic E-state index is 0.187. The number of carbonyl (C=O) groups is 3. The zero-order chi connectivity index (χ0) is 26.1. The Morgan fingerprint density at radius 3 is 2.50 bits per heavy atom. The van der Waals surface area contributed by atoms with Crippen LogP contribution in [0.25, 0.3) is 10.4 Å². The number of rotatable bonds is 9. The minimum atomic E-state index is -1.73. The Morgan fingerprint density at radius 2 is 1.92 bits per heavy atom. The van der Waals surface area contributed by atoms with Crippen molar-refractivity contribution in [3.63, 3.8) is 0 Å². The van der Waals surface area contributed by atoms with Gasteiger partial charge in [-0.25, -0.2) is 9.37 Å². The van der Waals surface area contributed by atoms with Crippen molar-refractivity contribution in [2.24, 2.45) is 5.41 Å². The van der Waals surface area contributed by atoms with Gasteiger partial charge in [0.15, 0.2) is 11.5 Å². The maximum absolute atomic E-state index is 14.1. The van der Waals surface area contributed by atoms with Crippen LogP contribution in [0.15, 0.2) is 29.8 Å². The molecule has 2 heterocycles. The topological polar surface area (TPSA) is 91.4 Å². The summed E-state index contributed by atoms with van der Waals surface area (Å²) in [4.78, 5) is 45.8. The van der Waals surface area contributed by atoms with Gasteiger partial charge in [0.05, 0.1) is 28.7 Å². The molecule has 9 heteroatoms. The number of nitrogens with one attached hydrogen (secondary N) is 2. The van der Waals surface area contributed by atoms with Crippen LogP contribution in [0.4, 0.5) is 4.39 Å². The van der Waals surface area contributed by atoms with Gasteiger partial charge >= 0.3 is 0 Å². The molecule has 2 aliphatic rings. The van der Waals surface area contributed by atoms with Gasteiger partial charge in [0.1, 0.15) is 6.04 Å². The Bertz CT molecular complexity index is 1120. The molecule has 1 aromatic carbocycles. The SMILES string of the molecule is Cc1ncsc1-c1ccc(CNC(=O)C2CCCN2C(=O)C(NCC(=O)C2(F)CC2)C(C)(C)C)cc1. The number of hydrogen-bond donors (Lipinski definition) is 2. The first-order chi connectivity index (χ1) is 17.0. The van der Waals surface area contributed by atoms with Crippen molar-refractivity contribution >= 4 is 28.9 Å². The highest BCUT2D eigenvalue weighted by Gasteiger charge is 2.50. The van der Waals surface area contributed by atoms with Gasteiger partial charge in [0.2, 0.25) is 11.8 Å². The highest BCUT2D eigenvalue weighted by atomic mass is 32.1. The highest BCUT2D eigenvalue weighted by Crippen LogP contribution is 2.40. The average Bonchev–Trinajstić information content (AvgIpc) is 3.21. The number of benzene rings is 1. The second-order valence-electron chi connectivity index (χ2n) is 10.9. The maximum atomic E-state index is 14.1. The minimum Gasteiger partial charge on any atom is -0.350 e. The fourth-order valence-corrected chi connectivity index (χ4v) is 5.45. The normalized spacial score (nSPS) is 19.7. The molecule has 1 saturated heterocycles. The number of thiazole rings is 1. The number of nitrogens with zero attached hydrogens (tertiary/aromatic N) is 2. The van der Waals surface area contributed by atoms with Crippen molar-refractivity contribution < 1.29 is 18.8 Å². The van der Waals surface area contributed by atoms with Gasteiger partial charge in [0.25, 0.3) is 0 Å². The lowest BCUT2D eigenvalue weighted by atomic mass is 9.85. The Balaban J connectivity index is 1.36. The molecule has 1 aliphatic heterocycles. The Morgan fingerprint density at radius 1 is 1.22 bits per heavy atom. The van der Waals surface area contributed by atoms with Crippen molar-refractivity contribution in [1.82, 2.24) is 20.5 Å². The van der Waals surface area contributed by atoms with Crippen LogP contribution < -0.4 is 10.6 Å². The van der Waals surface area contributed by atoms with Gasteiger partial charge in [-0.1, -0.05) is 45.0 Å². The van der Waals surface area contributed by atoms with E-state index in [-0.39, 0.29) is 31.2 Å². The number of ketones is 1. The molecular formula is C27H35FN4O3S. The molecule has 0 spiro atoms. The van der Waals surface area contributed by atoms with E-state index in [1.807, 2.05) is 57.5 Å². The number of alkyl halides is 1. The van der Waals surface area contributed by atoms with Gasteiger partial charge in [-0.15, -0.1) is 11.3 Å². The predicted octanol–water partition coefficient (Wildman–Crippen LogP) is 3.80. The number of amides is 2. The van der Waals surface area contributed by atoms with Gasteiger partial charge in [-0.05, 0) is 49.1 Å². The zero-order valence-electron chi connectivity index (χ0n) is 21.4. The summed E-state index contributed by atoms with van der Waals surface area (Å²) >= 11 is 1.60. The lowest BCUT2D eigenvalue weighted by Crippen LogP contribution is -2.57. The van der Waals surface area contributed by atoms with Crippen LogP contribution in [0.3, 0.4) is 0 Å². The van der Waals surface area contributed by atoms with Crippen molar-refractivity contribution in [3.8, 4) is 10.4 Å². The summed E-state index contributed by atoms with van der Waals surface area (Å²) in [5.41, 5.74) is 2.65. The molecule has 2 atom stereocenters. The third kappa shape index (κ3) is 5.83. The van der Waals surface area contributed by atoms with Crippen LogP contribution >= 0.6 is 11.3 Å². The third-order valence-corrected chi connectivity index (χ3v) is 8.01. The van der Waals surface area contributed by atoms with Gasteiger partial charge < -0.3 is 10.2 Å². The highest BCUT2D eigenvalue weighted by molar-refractivity contribution is 7.13. The third-order valence-electron chi connectivity index (χ3n) is 7.04. The molecule has 194 valence electrons. The van der Waals surface area contributed by atoms with E-state index in [0.717, 1.165) is 28.1 Å². The number of likely N-dealkylation sites (tertiary alicyclic amines) is 1. The molecule has 1 saturated carbocycles. The smallest absolute Gasteiger partial charge is 0.243 e. The largest absolute Gasteiger partial charge is 0.350 e. The van der Waals surface area contributed by atoms with Crippen molar-refractivity contribution in [2.45, 2.75) is 77.7 Å². The first kappa shape index (κ1) is 26.4. The molecule has 7 nitrogen and oxygen atoms in total. The monoisotopic (exact) mass is 514 g/mol. The summed E-state index contributed by atoms with van der Waals surface area (Å²) in [6.45, 7) is 8.35. The molecule has 36 heavy (non-hydrogen) atoms. The maximum Gasteiger partial charge on any atom is 0.243 e. The summed E-state index contributed by atoms with van der Waals surface area (Å²) < 4.78 is 14.1. The number of aromatic nitrogens is 1. The first-order valence-corrected chi connectivity index (χ1v) is 13.4. The second kappa shape index (κ2) is 10.4. The lowest BCUT2D eigenvalue weighted by Gasteiger charge is -2.35. The van der Waals surface area contributed by atoms with Gasteiger partial charge in [-0.2, -0.15) is 0 Å². The van der Waals surface area contributed by atoms with Crippen molar-refractivity contribution in [2.75, 3.05) is 13.1 Å². The van der Waals surface area contributed by atoms with E-state index >= 15 is 0 Å². The molecule has 2 unspecified atom stereocenters. The fourth-order valence-electron chi connectivity index (χ4n) is 4.63. The molecule has 2 amide bonds. The molecule has 2 aromatic rings. The molecular weight excluding hydrogens is 479 g/mol. The second-order valence-corrected chi connectivity index (χ2v) is 11.8. The molecule has 2 N–H and O–H groups in total. The first-order valence-electron chi connectivity index (χ1n) is 12.5. The van der Waals surface area contributed by atoms with Crippen molar-refractivity contribution in [1.29, 1.82) is 0 Å². The number of halogens is 1. The molecule has 2 fully saturated rings. The summed E-state index contributed by atoms with van der Waals surface area (Å²) in [5, 5.41) is 5.99. The summed E-state index contributed by atoms with van der Waals surface area (Å²) in [5.74, 6) is -0.912. The molecule has 0 radical (unpaired) electrons. The molecule has 1 aromatic heterocycles. The van der Waals surface area contributed by atoms with Crippen molar-refractivity contribution in [3.05, 3.63) is 41.0 Å². The lowest BCUT2D eigenvalue weighted by molar-refractivity contribution is -0.142. The molecule has 0 bridgehead atoms. The van der Waals surface area contributed by atoms with E-state index in [4.69, 9.17) is 0 Å². The summed E-state index contributed by atoms with van der Waals surface area (Å²) in [6.07, 6.45) is 1.83. The fraction of sp³-hybridized carbons (Fsp3) is 0.556. The van der Waals surface area contributed by atoms with Crippen LogP contribution in [0.1, 0.15) is 57.7 Å². The van der Waals surface area contributed by atoms with Crippen LogP contribution in [-0.4, -0.2) is 58.3 Å². The van der Waals surface area contributed by atoms with E-state index < -0.39 is 29.0 Å². The van der Waals surface area contributed by atoms with E-state index in [9.17, 15) is 18.8 Å².